The van der Waals surface area contributed by atoms with Crippen molar-refractivity contribution in [3.05, 3.63) is 0 Å². The van der Waals surface area contributed by atoms with Gasteiger partial charge < -0.3 is 0 Å². The molecule has 1 heterocycles. The van der Waals surface area contributed by atoms with Crippen molar-refractivity contribution in [1.82, 2.24) is 0 Å². The highest BCUT2D eigenvalue weighted by Crippen LogP contribution is 2.48. The maximum absolute atomic E-state index is 2.31. The molecule has 0 spiro atoms. The molecule has 0 aliphatic carbocycles. The smallest absolute Gasteiger partial charge is 0.156 e. The third kappa shape index (κ3) is 2.97. The summed E-state index contributed by atoms with van der Waals surface area (Å²) in [7, 11) is 2.98. The van der Waals surface area contributed by atoms with Crippen LogP contribution in [0.15, 0.2) is 0 Å². The van der Waals surface area contributed by atoms with Crippen LogP contribution in [-0.4, -0.2) is 21.8 Å². The van der Waals surface area contributed by atoms with Gasteiger partial charge in [0.05, 0.1) is 15.7 Å². The van der Waals surface area contributed by atoms with Crippen LogP contribution in [0.2, 0.25) is 0 Å². The van der Waals surface area contributed by atoms with Crippen molar-refractivity contribution in [1.29, 1.82) is 0 Å². The van der Waals surface area contributed by atoms with Gasteiger partial charge in [0.25, 0.3) is 0 Å². The first kappa shape index (κ1) is 9.14. The first-order chi connectivity index (χ1) is 4.88. The van der Waals surface area contributed by atoms with E-state index in [1.807, 2.05) is 0 Å². The lowest BCUT2D eigenvalue weighted by molar-refractivity contribution is 1.10. The summed E-state index contributed by atoms with van der Waals surface area (Å²) < 4.78 is 1.04. The van der Waals surface area contributed by atoms with E-state index in [0.717, 1.165) is 14.5 Å². The second-order valence-corrected chi connectivity index (χ2v) is 8.25. The van der Waals surface area contributed by atoms with E-state index >= 15 is 0 Å². The molecule has 0 aromatic heterocycles. The maximum atomic E-state index is 2.31. The zero-order valence-corrected chi connectivity index (χ0v) is 9.08. The molecule has 2 atom stereocenters. The number of hydrogen-bond acceptors (Lipinski definition) is 2. The van der Waals surface area contributed by atoms with E-state index < -0.39 is 0 Å². The fourth-order valence-corrected chi connectivity index (χ4v) is 6.60. The lowest BCUT2D eigenvalue weighted by atomic mass is 10.6. The van der Waals surface area contributed by atoms with Gasteiger partial charge in [-0.1, -0.05) is 6.92 Å². The summed E-state index contributed by atoms with van der Waals surface area (Å²) in [6.07, 6.45) is 1.34. The lowest BCUT2D eigenvalue weighted by Gasteiger charge is -1.89. The Morgan fingerprint density at radius 3 is 2.80 bits per heavy atom. The van der Waals surface area contributed by atoms with Crippen LogP contribution < -0.4 is 0 Å². The third-order valence-corrected chi connectivity index (χ3v) is 7.85. The molecule has 1 aliphatic rings. The zero-order chi connectivity index (χ0) is 7.40. The molecule has 0 aromatic carbocycles. The van der Waals surface area contributed by atoms with Crippen LogP contribution in [-0.2, 0) is 9.93 Å². The van der Waals surface area contributed by atoms with Crippen LogP contribution in [0.4, 0.5) is 0 Å². The first-order valence-electron chi connectivity index (χ1n) is 3.83. The zero-order valence-electron chi connectivity index (χ0n) is 6.63. The van der Waals surface area contributed by atoms with Crippen LogP contribution in [0.3, 0.4) is 0 Å². The minimum atomic E-state index is 0.782. The number of rotatable bonds is 5. The molecule has 2 unspecified atom stereocenters. The van der Waals surface area contributed by atoms with Gasteiger partial charge in [0.2, 0.25) is 4.58 Å². The van der Waals surface area contributed by atoms with E-state index in [1.165, 1.54) is 23.7 Å². The SMILES string of the molecule is CCCSCC1S[S+]1CC. The predicted molar refractivity (Wildman–Crippen MR) is 56.9 cm³/mol. The van der Waals surface area contributed by atoms with Gasteiger partial charge in [0, 0.05) is 0 Å². The second-order valence-electron chi connectivity index (χ2n) is 2.27. The van der Waals surface area contributed by atoms with E-state index in [2.05, 4.69) is 36.4 Å². The van der Waals surface area contributed by atoms with Gasteiger partial charge in [-0.3, -0.25) is 0 Å². The van der Waals surface area contributed by atoms with Crippen molar-refractivity contribution >= 4 is 32.5 Å². The van der Waals surface area contributed by atoms with Crippen LogP contribution in [0.25, 0.3) is 0 Å². The second kappa shape index (κ2) is 4.83. The fourth-order valence-electron chi connectivity index (χ4n) is 0.797. The molecule has 0 N–H and O–H groups in total. The average molecular weight is 195 g/mol. The monoisotopic (exact) mass is 195 g/mol. The lowest BCUT2D eigenvalue weighted by Crippen LogP contribution is -1.95. The average Bonchev–Trinajstić information content (AvgIpc) is 2.68. The van der Waals surface area contributed by atoms with Crippen molar-refractivity contribution in [2.24, 2.45) is 0 Å². The van der Waals surface area contributed by atoms with Gasteiger partial charge >= 0.3 is 0 Å². The van der Waals surface area contributed by atoms with Crippen LogP contribution in [0, 0.1) is 0 Å². The molecule has 1 aliphatic heterocycles. The summed E-state index contributed by atoms with van der Waals surface area (Å²) in [5, 5.41) is 0. The standard InChI is InChI=1S/C7H15S3/c1-3-5-8-6-7-9-10(7)4-2/h7H,3-6H2,1-2H3/q+1. The number of thioether (sulfide) groups is 1. The number of hydrogen-bond donors (Lipinski definition) is 0. The molecule has 10 heavy (non-hydrogen) atoms. The molecule has 1 rings (SSSR count). The molecule has 3 heteroatoms. The Balaban J connectivity index is 1.87. The van der Waals surface area contributed by atoms with E-state index in [4.69, 9.17) is 0 Å². The predicted octanol–water partition coefficient (Wildman–Crippen LogP) is 2.76. The normalized spacial score (nSPS) is 30.6. The fraction of sp³-hybridized carbons (Fsp3) is 1.00. The summed E-state index contributed by atoms with van der Waals surface area (Å²) in [6, 6.07) is 0. The summed E-state index contributed by atoms with van der Waals surface area (Å²) in [6.45, 7) is 4.56. The van der Waals surface area contributed by atoms with E-state index in [0.29, 0.717) is 0 Å². The Hall–Kier alpha value is 1.05. The first-order valence-corrected chi connectivity index (χ1v) is 7.83. The van der Waals surface area contributed by atoms with Crippen molar-refractivity contribution < 1.29 is 0 Å². The molecular weight excluding hydrogens is 180 g/mol. The summed E-state index contributed by atoms with van der Waals surface area (Å²) in [4.78, 5) is 0. The van der Waals surface area contributed by atoms with Crippen molar-refractivity contribution in [2.45, 2.75) is 24.9 Å². The molecule has 60 valence electrons. The molecule has 0 aromatic rings. The van der Waals surface area contributed by atoms with Crippen molar-refractivity contribution in [3.63, 3.8) is 0 Å². The van der Waals surface area contributed by atoms with Gasteiger partial charge in [0.15, 0.2) is 10.8 Å². The molecule has 0 nitrogen and oxygen atoms in total. The van der Waals surface area contributed by atoms with E-state index in [1.54, 1.807) is 0 Å². The van der Waals surface area contributed by atoms with Crippen LogP contribution in [0.5, 0.6) is 0 Å². The Kier molecular flexibility index (Phi) is 4.42. The van der Waals surface area contributed by atoms with Crippen molar-refractivity contribution in [3.8, 4) is 0 Å². The Labute approximate surface area is 74.7 Å². The third-order valence-electron chi connectivity index (χ3n) is 1.37. The molecule has 0 radical (unpaired) electrons. The van der Waals surface area contributed by atoms with E-state index in [9.17, 15) is 0 Å². The molecule has 0 bridgehead atoms. The molecule has 0 amide bonds. The van der Waals surface area contributed by atoms with Gasteiger partial charge in [-0.2, -0.15) is 11.8 Å². The molecule has 0 saturated carbocycles. The highest BCUT2D eigenvalue weighted by molar-refractivity contribution is 8.90. The minimum Gasteiger partial charge on any atom is -0.156 e. The Morgan fingerprint density at radius 1 is 1.50 bits per heavy atom. The Morgan fingerprint density at radius 2 is 2.30 bits per heavy atom. The topological polar surface area (TPSA) is 0 Å². The quantitative estimate of drug-likeness (QED) is 0.286. The van der Waals surface area contributed by atoms with Gasteiger partial charge in [-0.05, 0) is 19.1 Å². The highest BCUT2D eigenvalue weighted by atomic mass is 33.2. The maximum Gasteiger partial charge on any atom is 0.231 e. The van der Waals surface area contributed by atoms with Gasteiger partial charge in [0.1, 0.15) is 5.75 Å². The van der Waals surface area contributed by atoms with Crippen LogP contribution in [0.1, 0.15) is 20.3 Å². The van der Waals surface area contributed by atoms with Gasteiger partial charge in [-0.25, -0.2) is 0 Å². The summed E-state index contributed by atoms with van der Waals surface area (Å²) in [5.74, 6) is 4.18. The summed E-state index contributed by atoms with van der Waals surface area (Å²) >= 11 is 2.13. The van der Waals surface area contributed by atoms with Crippen LogP contribution >= 0.6 is 22.6 Å². The molecular formula is C7H15S3+. The summed E-state index contributed by atoms with van der Waals surface area (Å²) in [5.41, 5.74) is 0. The largest absolute Gasteiger partial charge is 0.231 e. The van der Waals surface area contributed by atoms with E-state index in [-0.39, 0.29) is 0 Å². The van der Waals surface area contributed by atoms with Gasteiger partial charge in [-0.15, -0.1) is 0 Å². The highest BCUT2D eigenvalue weighted by Gasteiger charge is 2.51. The molecule has 1 saturated heterocycles. The minimum absolute atomic E-state index is 0.782. The van der Waals surface area contributed by atoms with Crippen molar-refractivity contribution in [2.75, 3.05) is 17.3 Å². The molecule has 1 fully saturated rings. The Bertz CT molecular complexity index is 94.9.